The molecule has 0 spiro atoms. The van der Waals surface area contributed by atoms with Crippen LogP contribution in [-0.2, 0) is 25.6 Å². The van der Waals surface area contributed by atoms with E-state index in [0.717, 1.165) is 0 Å². The topological polar surface area (TPSA) is 205 Å². The minimum Gasteiger partial charge on any atom is -0.480 e. The van der Waals surface area contributed by atoms with Crippen LogP contribution in [-0.4, -0.2) is 69.5 Å². The number of rotatable bonds is 16. The number of aliphatic carboxylic acids is 1. The van der Waals surface area contributed by atoms with Gasteiger partial charge in [0, 0.05) is 18.3 Å². The van der Waals surface area contributed by atoms with Gasteiger partial charge in [0.1, 0.15) is 18.1 Å². The predicted octanol–water partition coefficient (Wildman–Crippen LogP) is -0.350. The highest BCUT2D eigenvalue weighted by molar-refractivity contribution is 5.94. The average Bonchev–Trinajstić information content (AvgIpc) is 3.28. The maximum Gasteiger partial charge on any atom is 0.326 e. The van der Waals surface area contributed by atoms with Crippen molar-refractivity contribution >= 4 is 23.7 Å². The summed E-state index contributed by atoms with van der Waals surface area (Å²) < 4.78 is 0. The molecule has 35 heavy (non-hydrogen) atoms. The summed E-state index contributed by atoms with van der Waals surface area (Å²) in [5.41, 5.74) is 12.2. The van der Waals surface area contributed by atoms with Gasteiger partial charge >= 0.3 is 5.97 Å². The Morgan fingerprint density at radius 3 is 2.17 bits per heavy atom. The number of amides is 3. The smallest absolute Gasteiger partial charge is 0.326 e. The minimum atomic E-state index is -1.14. The third-order valence-electron chi connectivity index (χ3n) is 5.48. The van der Waals surface area contributed by atoms with Gasteiger partial charge in [0.05, 0.1) is 12.4 Å². The number of hydrogen-bond donors (Lipinski definition) is 7. The first kappa shape index (κ1) is 30.0. The Kier molecular flexibility index (Phi) is 13.0. The van der Waals surface area contributed by atoms with Crippen LogP contribution < -0.4 is 27.4 Å². The number of nitrogens with one attached hydrogen (secondary N) is 4. The number of H-pyrrole nitrogens is 1. The van der Waals surface area contributed by atoms with Gasteiger partial charge in [-0.2, -0.15) is 0 Å². The molecule has 0 aromatic carbocycles. The lowest BCUT2D eigenvalue weighted by molar-refractivity contribution is -0.143. The van der Waals surface area contributed by atoms with Crippen LogP contribution >= 0.6 is 0 Å². The number of unbranched alkanes of at least 4 members (excludes halogenated alkanes) is 1. The summed E-state index contributed by atoms with van der Waals surface area (Å²) >= 11 is 0. The molecule has 12 heteroatoms. The first-order valence-corrected chi connectivity index (χ1v) is 12.0. The summed E-state index contributed by atoms with van der Waals surface area (Å²) in [5, 5.41) is 17.4. The molecule has 12 nitrogen and oxygen atoms in total. The summed E-state index contributed by atoms with van der Waals surface area (Å²) in [6.45, 7) is 7.66. The number of carboxylic acids is 1. The number of carbonyl (C=O) groups is 4. The van der Waals surface area contributed by atoms with Gasteiger partial charge in [-0.05, 0) is 44.1 Å². The highest BCUT2D eigenvalue weighted by Crippen LogP contribution is 2.09. The van der Waals surface area contributed by atoms with E-state index in [-0.39, 0.29) is 31.1 Å². The van der Waals surface area contributed by atoms with Crippen molar-refractivity contribution < 1.29 is 24.3 Å². The molecule has 1 rings (SSSR count). The molecule has 0 aliphatic rings. The zero-order valence-corrected chi connectivity index (χ0v) is 21.0. The summed E-state index contributed by atoms with van der Waals surface area (Å²) in [4.78, 5) is 57.0. The summed E-state index contributed by atoms with van der Waals surface area (Å²) in [6, 6.07) is -3.89. The molecule has 1 aromatic rings. The standard InChI is InChI=1S/C23H41N7O5/c1-13(2)9-18(23(34)35)29-21(32)17(7-5-6-8-24)28-22(33)19(14(3)4)30-20(31)16(25)10-15-11-26-12-27-15/h11-14,16-19H,5-10,24-25H2,1-4H3,(H,26,27)(H,28,33)(H,29,32)(H,30,31)(H,34,35). The quantitative estimate of drug-likeness (QED) is 0.150. The van der Waals surface area contributed by atoms with Crippen molar-refractivity contribution in [3.63, 3.8) is 0 Å². The van der Waals surface area contributed by atoms with E-state index in [1.807, 2.05) is 13.8 Å². The average molecular weight is 496 g/mol. The van der Waals surface area contributed by atoms with Gasteiger partial charge in [0.25, 0.3) is 0 Å². The number of imidazole rings is 1. The van der Waals surface area contributed by atoms with Gasteiger partial charge < -0.3 is 37.5 Å². The van der Waals surface area contributed by atoms with E-state index in [1.54, 1.807) is 20.0 Å². The number of hydrogen-bond acceptors (Lipinski definition) is 7. The van der Waals surface area contributed by atoms with Crippen molar-refractivity contribution in [3.8, 4) is 0 Å². The number of nitrogens with two attached hydrogens (primary N) is 2. The first-order chi connectivity index (χ1) is 16.5. The molecule has 0 saturated heterocycles. The fraction of sp³-hybridized carbons (Fsp3) is 0.696. The van der Waals surface area contributed by atoms with Crippen molar-refractivity contribution in [3.05, 3.63) is 18.2 Å². The molecule has 1 heterocycles. The van der Waals surface area contributed by atoms with Crippen molar-refractivity contribution in [1.29, 1.82) is 0 Å². The van der Waals surface area contributed by atoms with Gasteiger partial charge in [-0.3, -0.25) is 14.4 Å². The van der Waals surface area contributed by atoms with Crippen LogP contribution in [0.5, 0.6) is 0 Å². The van der Waals surface area contributed by atoms with Crippen LogP contribution in [0.3, 0.4) is 0 Å². The van der Waals surface area contributed by atoms with Gasteiger partial charge in [0.15, 0.2) is 0 Å². The summed E-state index contributed by atoms with van der Waals surface area (Å²) in [6.07, 6.45) is 4.99. The third kappa shape index (κ3) is 10.9. The van der Waals surface area contributed by atoms with E-state index in [4.69, 9.17) is 11.5 Å². The SMILES string of the molecule is CC(C)CC(NC(=O)C(CCCCN)NC(=O)C(NC(=O)C(N)Cc1cnc[nH]1)C(C)C)C(=O)O. The predicted molar refractivity (Wildman–Crippen MR) is 131 cm³/mol. The number of aromatic nitrogens is 2. The molecule has 0 aliphatic carbocycles. The minimum absolute atomic E-state index is 0.0492. The largest absolute Gasteiger partial charge is 0.480 e. The molecular weight excluding hydrogens is 454 g/mol. The number of carboxylic acid groups (broad SMARTS) is 1. The first-order valence-electron chi connectivity index (χ1n) is 12.0. The number of carbonyl (C=O) groups excluding carboxylic acids is 3. The van der Waals surface area contributed by atoms with Crippen molar-refractivity contribution in [2.45, 2.75) is 84.0 Å². The monoisotopic (exact) mass is 495 g/mol. The molecule has 0 bridgehead atoms. The Morgan fingerprint density at radius 1 is 1.00 bits per heavy atom. The van der Waals surface area contributed by atoms with Crippen molar-refractivity contribution in [2.75, 3.05) is 6.54 Å². The molecule has 0 aliphatic heterocycles. The van der Waals surface area contributed by atoms with Crippen LogP contribution in [0.15, 0.2) is 12.5 Å². The molecule has 9 N–H and O–H groups in total. The Bertz CT molecular complexity index is 813. The highest BCUT2D eigenvalue weighted by Gasteiger charge is 2.31. The Balaban J connectivity index is 2.90. The van der Waals surface area contributed by atoms with Gasteiger partial charge in [-0.15, -0.1) is 0 Å². The highest BCUT2D eigenvalue weighted by atomic mass is 16.4. The number of aromatic amines is 1. The molecular formula is C23H41N7O5. The second kappa shape index (κ2) is 15.1. The molecule has 0 fully saturated rings. The molecule has 0 radical (unpaired) electrons. The summed E-state index contributed by atoms with van der Waals surface area (Å²) in [7, 11) is 0. The lowest BCUT2D eigenvalue weighted by Crippen LogP contribution is -2.58. The van der Waals surface area contributed by atoms with Gasteiger partial charge in [0.2, 0.25) is 17.7 Å². The Labute approximate surface area is 206 Å². The zero-order valence-electron chi connectivity index (χ0n) is 21.0. The van der Waals surface area contributed by atoms with E-state index in [9.17, 15) is 24.3 Å². The third-order valence-corrected chi connectivity index (χ3v) is 5.48. The van der Waals surface area contributed by atoms with Crippen LogP contribution in [0.1, 0.15) is 59.1 Å². The van der Waals surface area contributed by atoms with Crippen molar-refractivity contribution in [2.24, 2.45) is 23.3 Å². The Hall–Kier alpha value is -2.99. The maximum absolute atomic E-state index is 13.1. The molecule has 0 saturated carbocycles. The molecule has 1 aromatic heterocycles. The second-order valence-electron chi connectivity index (χ2n) is 9.49. The van der Waals surface area contributed by atoms with E-state index in [2.05, 4.69) is 25.9 Å². The molecule has 4 unspecified atom stereocenters. The lowest BCUT2D eigenvalue weighted by atomic mass is 10.00. The molecule has 4 atom stereocenters. The van der Waals surface area contributed by atoms with E-state index in [1.165, 1.54) is 6.33 Å². The number of nitrogens with zero attached hydrogens (tertiary/aromatic N) is 1. The van der Waals surface area contributed by atoms with Crippen LogP contribution in [0, 0.1) is 11.8 Å². The Morgan fingerprint density at radius 2 is 1.66 bits per heavy atom. The van der Waals surface area contributed by atoms with Crippen LogP contribution in [0.2, 0.25) is 0 Å². The van der Waals surface area contributed by atoms with E-state index in [0.29, 0.717) is 25.1 Å². The van der Waals surface area contributed by atoms with Crippen molar-refractivity contribution in [1.82, 2.24) is 25.9 Å². The lowest BCUT2D eigenvalue weighted by Gasteiger charge is -2.27. The van der Waals surface area contributed by atoms with Gasteiger partial charge in [-0.1, -0.05) is 27.7 Å². The zero-order chi connectivity index (χ0) is 26.5. The van der Waals surface area contributed by atoms with E-state index >= 15 is 0 Å². The second-order valence-corrected chi connectivity index (χ2v) is 9.49. The summed E-state index contributed by atoms with van der Waals surface area (Å²) in [5.74, 6) is -3.04. The van der Waals surface area contributed by atoms with E-state index < -0.39 is 47.9 Å². The van der Waals surface area contributed by atoms with Crippen LogP contribution in [0.4, 0.5) is 0 Å². The molecule has 198 valence electrons. The van der Waals surface area contributed by atoms with Gasteiger partial charge in [-0.25, -0.2) is 9.78 Å². The fourth-order valence-corrected chi connectivity index (χ4v) is 3.51. The molecule has 3 amide bonds. The van der Waals surface area contributed by atoms with Crippen LogP contribution in [0.25, 0.3) is 0 Å². The fourth-order valence-electron chi connectivity index (χ4n) is 3.51. The normalized spacial score (nSPS) is 14.7. The maximum atomic E-state index is 13.1.